The molecule has 3 aromatic rings. The average molecular weight is 352 g/mol. The van der Waals surface area contributed by atoms with E-state index in [9.17, 15) is 4.39 Å². The summed E-state index contributed by atoms with van der Waals surface area (Å²) in [4.78, 5) is 12.8. The van der Waals surface area contributed by atoms with Crippen LogP contribution in [0.25, 0.3) is 0 Å². The van der Waals surface area contributed by atoms with E-state index >= 15 is 0 Å². The molecule has 0 spiro atoms. The first-order chi connectivity index (χ1) is 12.5. The van der Waals surface area contributed by atoms with E-state index in [4.69, 9.17) is 5.73 Å². The van der Waals surface area contributed by atoms with E-state index in [1.165, 1.54) is 6.07 Å². The van der Waals surface area contributed by atoms with Gasteiger partial charge in [-0.25, -0.2) is 4.39 Å². The fraction of sp³-hybridized carbons (Fsp3) is 0.211. The van der Waals surface area contributed by atoms with Crippen LogP contribution in [0, 0.1) is 5.82 Å². The first-order valence-corrected chi connectivity index (χ1v) is 8.37. The maximum absolute atomic E-state index is 14.0. The summed E-state index contributed by atoms with van der Waals surface area (Å²) in [6.07, 6.45) is 0. The van der Waals surface area contributed by atoms with E-state index in [0.29, 0.717) is 17.3 Å². The third kappa shape index (κ3) is 4.31. The monoisotopic (exact) mass is 352 g/mol. The van der Waals surface area contributed by atoms with Crippen molar-refractivity contribution in [2.24, 2.45) is 0 Å². The van der Waals surface area contributed by atoms with Crippen molar-refractivity contribution >= 4 is 17.6 Å². The van der Waals surface area contributed by atoms with Gasteiger partial charge in [-0.15, -0.1) is 0 Å². The van der Waals surface area contributed by atoms with Crippen molar-refractivity contribution in [2.45, 2.75) is 25.9 Å². The zero-order valence-corrected chi connectivity index (χ0v) is 14.6. The van der Waals surface area contributed by atoms with Gasteiger partial charge in [-0.05, 0) is 32.0 Å². The summed E-state index contributed by atoms with van der Waals surface area (Å²) < 4.78 is 14.0. The summed E-state index contributed by atoms with van der Waals surface area (Å²) in [6.45, 7) is 3.79. The maximum Gasteiger partial charge on any atom is 0.232 e. The van der Waals surface area contributed by atoms with Crippen molar-refractivity contribution in [2.75, 3.05) is 11.1 Å². The summed E-state index contributed by atoms with van der Waals surface area (Å²) >= 11 is 0. The number of hydrogen-bond donors (Lipinski definition) is 3. The van der Waals surface area contributed by atoms with E-state index < -0.39 is 0 Å². The molecule has 0 amide bonds. The minimum atomic E-state index is -0.249. The van der Waals surface area contributed by atoms with Crippen LogP contribution < -0.4 is 16.4 Å². The lowest BCUT2D eigenvalue weighted by molar-refractivity contribution is 0.459. The Morgan fingerprint density at radius 1 is 0.885 bits per heavy atom. The summed E-state index contributed by atoms with van der Waals surface area (Å²) in [5, 5.41) is 6.40. The molecule has 0 aliphatic rings. The van der Waals surface area contributed by atoms with Crippen molar-refractivity contribution < 1.29 is 4.39 Å². The van der Waals surface area contributed by atoms with Crippen molar-refractivity contribution in [1.29, 1.82) is 0 Å². The van der Waals surface area contributed by atoms with Crippen LogP contribution in [0.1, 0.15) is 37.3 Å². The number of nitrogens with zero attached hydrogens (tertiary/aromatic N) is 3. The first-order valence-electron chi connectivity index (χ1n) is 8.37. The molecule has 2 atom stereocenters. The number of nitrogens with one attached hydrogen (secondary N) is 2. The predicted molar refractivity (Wildman–Crippen MR) is 100 cm³/mol. The van der Waals surface area contributed by atoms with Crippen LogP contribution in [0.2, 0.25) is 0 Å². The Labute approximate surface area is 151 Å². The average Bonchev–Trinajstić information content (AvgIpc) is 2.62. The Hall–Kier alpha value is -3.06. The Balaban J connectivity index is 1.77. The Morgan fingerprint density at radius 3 is 2.31 bits per heavy atom. The number of nitrogens with two attached hydrogens (primary N) is 1. The lowest BCUT2D eigenvalue weighted by atomic mass is 10.1. The summed E-state index contributed by atoms with van der Waals surface area (Å²) in [6, 6.07) is 15.8. The van der Waals surface area contributed by atoms with Crippen LogP contribution in [-0.4, -0.2) is 15.0 Å². The number of nitrogen functional groups attached to an aromatic ring is 1. The molecule has 0 aliphatic carbocycles. The third-order valence-electron chi connectivity index (χ3n) is 3.96. The van der Waals surface area contributed by atoms with Crippen LogP contribution in [0.5, 0.6) is 0 Å². The molecule has 0 saturated carbocycles. The highest BCUT2D eigenvalue weighted by Gasteiger charge is 2.17. The Bertz CT molecular complexity index is 871. The summed E-state index contributed by atoms with van der Waals surface area (Å²) in [5.41, 5.74) is 7.27. The van der Waals surface area contributed by atoms with E-state index in [-0.39, 0.29) is 23.8 Å². The second kappa shape index (κ2) is 7.88. The molecule has 3 rings (SSSR count). The number of benzene rings is 2. The van der Waals surface area contributed by atoms with Gasteiger partial charge in [0.1, 0.15) is 5.82 Å². The van der Waals surface area contributed by atoms with Gasteiger partial charge < -0.3 is 16.4 Å². The van der Waals surface area contributed by atoms with Gasteiger partial charge in [0.2, 0.25) is 11.9 Å². The Kier molecular flexibility index (Phi) is 5.38. The maximum atomic E-state index is 14.0. The van der Waals surface area contributed by atoms with Crippen LogP contribution in [0.15, 0.2) is 54.6 Å². The molecule has 0 fully saturated rings. The highest BCUT2D eigenvalue weighted by molar-refractivity contribution is 5.53. The quantitative estimate of drug-likeness (QED) is 0.626. The summed E-state index contributed by atoms with van der Waals surface area (Å²) in [5.74, 6) is 0.729. The van der Waals surface area contributed by atoms with Crippen molar-refractivity contribution in [3.63, 3.8) is 0 Å². The van der Waals surface area contributed by atoms with Crippen LogP contribution in [0.3, 0.4) is 0 Å². The molecule has 26 heavy (non-hydrogen) atoms. The van der Waals surface area contributed by atoms with Gasteiger partial charge >= 0.3 is 0 Å². The van der Waals surface area contributed by atoms with Gasteiger partial charge in [-0.3, -0.25) is 0 Å². The molecule has 0 aliphatic heterocycles. The van der Waals surface area contributed by atoms with Gasteiger partial charge in [0.05, 0.1) is 6.04 Å². The SMILES string of the molecule is CC(NC(C)c1ccccc1F)c1nc(N)nc(Nc2ccccc2)n1. The highest BCUT2D eigenvalue weighted by Crippen LogP contribution is 2.21. The topological polar surface area (TPSA) is 88.8 Å². The van der Waals surface area contributed by atoms with E-state index in [1.807, 2.05) is 50.2 Å². The molecular weight excluding hydrogens is 331 g/mol. The van der Waals surface area contributed by atoms with Crippen LogP contribution >= 0.6 is 0 Å². The molecule has 2 aromatic carbocycles. The largest absolute Gasteiger partial charge is 0.368 e. The molecule has 1 heterocycles. The van der Waals surface area contributed by atoms with E-state index in [0.717, 1.165) is 5.69 Å². The molecular formula is C19H21FN6. The normalized spacial score (nSPS) is 13.2. The number of halogens is 1. The lowest BCUT2D eigenvalue weighted by Crippen LogP contribution is -2.25. The van der Waals surface area contributed by atoms with Gasteiger partial charge in [-0.1, -0.05) is 36.4 Å². The van der Waals surface area contributed by atoms with Gasteiger partial charge in [0, 0.05) is 17.3 Å². The zero-order valence-electron chi connectivity index (χ0n) is 14.6. The zero-order chi connectivity index (χ0) is 18.5. The van der Waals surface area contributed by atoms with Gasteiger partial charge in [-0.2, -0.15) is 15.0 Å². The van der Waals surface area contributed by atoms with Gasteiger partial charge in [0.15, 0.2) is 5.82 Å². The number of rotatable bonds is 6. The second-order valence-electron chi connectivity index (χ2n) is 6.00. The molecule has 0 saturated heterocycles. The molecule has 1 aromatic heterocycles. The third-order valence-corrected chi connectivity index (χ3v) is 3.96. The molecule has 2 unspecified atom stereocenters. The fourth-order valence-electron chi connectivity index (χ4n) is 2.68. The second-order valence-corrected chi connectivity index (χ2v) is 6.00. The number of hydrogen-bond acceptors (Lipinski definition) is 6. The molecule has 0 bridgehead atoms. The molecule has 0 radical (unpaired) electrons. The van der Waals surface area contributed by atoms with Crippen molar-refractivity contribution in [3.05, 3.63) is 71.8 Å². The van der Waals surface area contributed by atoms with E-state index in [2.05, 4.69) is 25.6 Å². The van der Waals surface area contributed by atoms with Crippen molar-refractivity contribution in [3.8, 4) is 0 Å². The number of aromatic nitrogens is 3. The first kappa shape index (κ1) is 17.8. The number of anilines is 3. The van der Waals surface area contributed by atoms with Crippen molar-refractivity contribution in [1.82, 2.24) is 20.3 Å². The van der Waals surface area contributed by atoms with Crippen LogP contribution in [-0.2, 0) is 0 Å². The smallest absolute Gasteiger partial charge is 0.232 e. The molecule has 134 valence electrons. The standard InChI is InChI=1S/C19H21FN6/c1-12(15-10-6-7-11-16(15)20)22-13(2)17-24-18(21)26-19(25-17)23-14-8-4-3-5-9-14/h3-13,22H,1-2H3,(H3,21,23,24,25,26). The van der Waals surface area contributed by atoms with E-state index in [1.54, 1.807) is 12.1 Å². The fourth-order valence-corrected chi connectivity index (χ4v) is 2.68. The van der Waals surface area contributed by atoms with Gasteiger partial charge in [0.25, 0.3) is 0 Å². The minimum Gasteiger partial charge on any atom is -0.368 e. The highest BCUT2D eigenvalue weighted by atomic mass is 19.1. The lowest BCUT2D eigenvalue weighted by Gasteiger charge is -2.20. The van der Waals surface area contributed by atoms with Crippen LogP contribution in [0.4, 0.5) is 22.0 Å². The molecule has 4 N–H and O–H groups in total. The minimum absolute atomic E-state index is 0.126. The Morgan fingerprint density at radius 2 is 1.58 bits per heavy atom. The predicted octanol–water partition coefficient (Wildman–Crippen LogP) is 3.75. The summed E-state index contributed by atoms with van der Waals surface area (Å²) in [7, 11) is 0. The molecule has 7 heteroatoms. The number of para-hydroxylation sites is 1. The molecule has 6 nitrogen and oxygen atoms in total.